The SMILES string of the molecule is OC(/[C]([Sn+])=[C](/[Sn+])C(F)(F)F)c1ccco1. The zero-order chi connectivity index (χ0) is 11.6. The van der Waals surface area contributed by atoms with Crippen LogP contribution in [0.2, 0.25) is 0 Å². The van der Waals surface area contributed by atoms with Gasteiger partial charge in [-0.05, 0) is 0 Å². The minimum atomic E-state index is -4.36. The van der Waals surface area contributed by atoms with E-state index in [0.717, 1.165) is 0 Å². The molecule has 0 aromatic carbocycles. The van der Waals surface area contributed by atoms with Gasteiger partial charge in [-0.2, -0.15) is 0 Å². The molecule has 2 nitrogen and oxygen atoms in total. The summed E-state index contributed by atoms with van der Waals surface area (Å²) in [6, 6.07) is 2.98. The van der Waals surface area contributed by atoms with Crippen molar-refractivity contribution in [2.45, 2.75) is 12.3 Å². The van der Waals surface area contributed by atoms with Crippen LogP contribution >= 0.6 is 0 Å². The zero-order valence-corrected chi connectivity index (χ0v) is 13.0. The molecule has 0 saturated carbocycles. The van der Waals surface area contributed by atoms with Crippen LogP contribution < -0.4 is 0 Å². The summed E-state index contributed by atoms with van der Waals surface area (Å²) < 4.78 is 41.2. The molecule has 0 aliphatic carbocycles. The molecule has 15 heavy (non-hydrogen) atoms. The summed E-state index contributed by atoms with van der Waals surface area (Å²) in [7, 11) is 0. The van der Waals surface area contributed by atoms with E-state index in [9.17, 15) is 18.3 Å². The summed E-state index contributed by atoms with van der Waals surface area (Å²) in [5, 5.41) is 9.60. The fourth-order valence-corrected chi connectivity index (χ4v) is 2.08. The Morgan fingerprint density at radius 3 is 2.40 bits per heavy atom. The second-order valence-corrected chi connectivity index (χ2v) is 5.67. The average molecular weight is 428 g/mol. The number of alkyl halides is 3. The third kappa shape index (κ3) is 3.41. The van der Waals surface area contributed by atoms with Crippen molar-refractivity contribution in [3.8, 4) is 0 Å². The van der Waals surface area contributed by atoms with Gasteiger partial charge in [-0.15, -0.1) is 0 Å². The standard InChI is InChI=1S/C8H5F3O2.2Sn/c9-8(10,11)4-3-6(12)7-2-1-5-13-7;;/h1-2,5-6,12H;;/q;2*+1. The summed E-state index contributed by atoms with van der Waals surface area (Å²) >= 11 is 0.791. The van der Waals surface area contributed by atoms with E-state index in [-0.39, 0.29) is 31.9 Å². The van der Waals surface area contributed by atoms with Crippen LogP contribution in [0.4, 0.5) is 13.2 Å². The van der Waals surface area contributed by atoms with Gasteiger partial charge in [-0.25, -0.2) is 0 Å². The number of aliphatic hydroxyl groups excluding tert-OH is 1. The monoisotopic (exact) mass is 430 g/mol. The second-order valence-electron chi connectivity index (χ2n) is 2.70. The first-order valence-corrected chi connectivity index (χ1v) is 6.65. The van der Waals surface area contributed by atoms with Gasteiger partial charge in [0.1, 0.15) is 0 Å². The molecule has 0 aliphatic rings. The number of aliphatic hydroxyl groups is 1. The zero-order valence-electron chi connectivity index (χ0n) is 7.30. The molecule has 0 spiro atoms. The minimum absolute atomic E-state index is 0.0251. The van der Waals surface area contributed by atoms with E-state index < -0.39 is 15.9 Å². The van der Waals surface area contributed by atoms with Crippen molar-refractivity contribution in [3.05, 3.63) is 31.3 Å². The Kier molecular flexibility index (Phi) is 4.60. The summed E-state index contributed by atoms with van der Waals surface area (Å²) in [4.78, 5) is 0. The van der Waals surface area contributed by atoms with Crippen LogP contribution in [0.3, 0.4) is 0 Å². The van der Waals surface area contributed by atoms with Crippen molar-refractivity contribution in [2.24, 2.45) is 0 Å². The van der Waals surface area contributed by atoms with Gasteiger partial charge in [0, 0.05) is 0 Å². The van der Waals surface area contributed by atoms with Crippen LogP contribution in [0.25, 0.3) is 0 Å². The normalized spacial score (nSPS) is 16.0. The predicted octanol–water partition coefficient (Wildman–Crippen LogP) is 1.42. The molecular formula is C8H5F3O2Sn2+2. The van der Waals surface area contributed by atoms with Crippen molar-refractivity contribution in [2.75, 3.05) is 0 Å². The molecule has 1 aromatic rings. The number of hydrogen-bond donors (Lipinski definition) is 1. The first kappa shape index (κ1) is 13.4. The van der Waals surface area contributed by atoms with Crippen LogP contribution in [-0.4, -0.2) is 56.3 Å². The van der Waals surface area contributed by atoms with E-state index in [1.165, 1.54) is 18.4 Å². The first-order chi connectivity index (χ1) is 6.84. The van der Waals surface area contributed by atoms with Crippen molar-refractivity contribution in [1.82, 2.24) is 0 Å². The van der Waals surface area contributed by atoms with Crippen LogP contribution in [0.1, 0.15) is 11.9 Å². The Morgan fingerprint density at radius 1 is 1.40 bits per heavy atom. The maximum atomic E-state index is 12.3. The van der Waals surface area contributed by atoms with Crippen LogP contribution in [0.5, 0.6) is 0 Å². The second kappa shape index (κ2) is 5.13. The van der Waals surface area contributed by atoms with E-state index >= 15 is 0 Å². The molecule has 1 N–H and O–H groups in total. The number of furan rings is 1. The number of halogens is 3. The van der Waals surface area contributed by atoms with Crippen molar-refractivity contribution in [3.63, 3.8) is 0 Å². The van der Waals surface area contributed by atoms with Gasteiger partial charge in [0.05, 0.1) is 0 Å². The molecular weight excluding hydrogens is 423 g/mol. The third-order valence-corrected chi connectivity index (χ3v) is 6.75. The van der Waals surface area contributed by atoms with Crippen LogP contribution in [-0.2, 0) is 0 Å². The Balaban J connectivity index is 2.99. The molecule has 1 unspecified atom stereocenters. The summed E-state index contributed by atoms with van der Waals surface area (Å²) in [6.07, 6.45) is -4.32. The van der Waals surface area contributed by atoms with Gasteiger partial charge >= 0.3 is 111 Å². The fraction of sp³-hybridized carbons (Fsp3) is 0.250. The Labute approximate surface area is 111 Å². The van der Waals surface area contributed by atoms with Crippen LogP contribution in [0, 0.1) is 0 Å². The van der Waals surface area contributed by atoms with Crippen LogP contribution in [0.15, 0.2) is 30.0 Å². The molecule has 0 fully saturated rings. The summed E-state index contributed by atoms with van der Waals surface area (Å²) in [5.41, 5.74) is 0. The van der Waals surface area contributed by atoms with Crippen molar-refractivity contribution in [1.29, 1.82) is 0 Å². The molecule has 4 radical (unpaired) electrons. The van der Waals surface area contributed by atoms with Gasteiger partial charge in [0.2, 0.25) is 0 Å². The maximum absolute atomic E-state index is 12.3. The van der Waals surface area contributed by atoms with Gasteiger partial charge in [0.25, 0.3) is 0 Å². The number of allylic oxidation sites excluding steroid dienone is 1. The summed E-state index contributed by atoms with van der Waals surface area (Å²) in [6.45, 7) is 0. The molecule has 0 aliphatic heterocycles. The molecule has 0 bridgehead atoms. The van der Waals surface area contributed by atoms with Gasteiger partial charge < -0.3 is 0 Å². The molecule has 1 heterocycles. The molecule has 1 rings (SSSR count). The topological polar surface area (TPSA) is 33.4 Å². The van der Waals surface area contributed by atoms with Crippen molar-refractivity contribution >= 4 is 45.0 Å². The molecule has 76 valence electrons. The van der Waals surface area contributed by atoms with Gasteiger partial charge in [-0.3, -0.25) is 0 Å². The fourth-order valence-electron chi connectivity index (χ4n) is 0.879. The van der Waals surface area contributed by atoms with E-state index in [4.69, 9.17) is 4.42 Å². The van der Waals surface area contributed by atoms with E-state index in [0.29, 0.717) is 22.5 Å². The van der Waals surface area contributed by atoms with Gasteiger partial charge in [-0.1, -0.05) is 0 Å². The number of hydrogen-bond acceptors (Lipinski definition) is 2. The quantitative estimate of drug-likeness (QED) is 0.725. The van der Waals surface area contributed by atoms with Crippen molar-refractivity contribution < 1.29 is 22.7 Å². The van der Waals surface area contributed by atoms with E-state index in [2.05, 4.69) is 0 Å². The molecule has 0 saturated heterocycles. The third-order valence-electron chi connectivity index (χ3n) is 1.64. The Hall–Kier alpha value is 0.367. The Morgan fingerprint density at radius 2 is 2.00 bits per heavy atom. The molecule has 0 amide bonds. The first-order valence-electron chi connectivity index (χ1n) is 3.80. The van der Waals surface area contributed by atoms with E-state index in [1.807, 2.05) is 0 Å². The number of rotatable bonds is 2. The molecule has 7 heteroatoms. The Bertz CT molecular complexity index is 356. The molecule has 1 atom stereocenters. The van der Waals surface area contributed by atoms with E-state index in [1.54, 1.807) is 0 Å². The summed E-state index contributed by atoms with van der Waals surface area (Å²) in [5.74, 6) is 0.144. The average Bonchev–Trinajstić information content (AvgIpc) is 2.65. The molecule has 1 aromatic heterocycles. The predicted molar refractivity (Wildman–Crippen MR) is 48.3 cm³/mol. The van der Waals surface area contributed by atoms with Gasteiger partial charge in [0.15, 0.2) is 0 Å².